The van der Waals surface area contributed by atoms with Crippen molar-refractivity contribution in [3.63, 3.8) is 0 Å². The van der Waals surface area contributed by atoms with Crippen LogP contribution in [0, 0.1) is 5.82 Å². The van der Waals surface area contributed by atoms with E-state index < -0.39 is 33.3 Å². The summed E-state index contributed by atoms with van der Waals surface area (Å²) >= 11 is 0.936. The van der Waals surface area contributed by atoms with Gasteiger partial charge in [0.25, 0.3) is 15.6 Å². The number of halogens is 1. The van der Waals surface area contributed by atoms with E-state index in [-0.39, 0.29) is 15.6 Å². The van der Waals surface area contributed by atoms with E-state index in [4.69, 9.17) is 0 Å². The number of hydrogen-bond donors (Lipinski definition) is 3. The van der Waals surface area contributed by atoms with Gasteiger partial charge in [0.15, 0.2) is 0 Å². The van der Waals surface area contributed by atoms with Gasteiger partial charge in [-0.05, 0) is 47.2 Å². The van der Waals surface area contributed by atoms with Crippen LogP contribution in [0.2, 0.25) is 0 Å². The van der Waals surface area contributed by atoms with Crippen LogP contribution >= 0.6 is 11.3 Å². The van der Waals surface area contributed by atoms with Crippen molar-refractivity contribution in [3.8, 4) is 11.6 Å². The number of aromatic nitrogens is 1. The van der Waals surface area contributed by atoms with Crippen LogP contribution in [-0.2, 0) is 10.0 Å². The average Bonchev–Trinajstić information content (AvgIpc) is 3.52. The van der Waals surface area contributed by atoms with Crippen LogP contribution in [0.5, 0.6) is 5.88 Å². The lowest BCUT2D eigenvalue weighted by atomic mass is 10.1. The number of nitrogens with one attached hydrogen (secondary N) is 2. The molecule has 37 heavy (non-hydrogen) atoms. The van der Waals surface area contributed by atoms with Crippen LogP contribution in [0.4, 0.5) is 14.9 Å². The highest BCUT2D eigenvalue weighted by atomic mass is 32.2. The Kier molecular flexibility index (Phi) is 6.17. The van der Waals surface area contributed by atoms with Crippen molar-refractivity contribution in [2.45, 2.75) is 4.21 Å². The molecule has 2 aromatic heterocycles. The summed E-state index contributed by atoms with van der Waals surface area (Å²) < 4.78 is 42.0. The molecule has 2 aromatic carbocycles. The molecule has 190 valence electrons. The molecule has 5 rings (SSSR count). The number of carbonyl (C=O) groups is 1. The van der Waals surface area contributed by atoms with Gasteiger partial charge in [0, 0.05) is 36.3 Å². The van der Waals surface area contributed by atoms with E-state index in [9.17, 15) is 23.1 Å². The van der Waals surface area contributed by atoms with E-state index in [0.29, 0.717) is 17.3 Å². The van der Waals surface area contributed by atoms with Crippen LogP contribution in [0.3, 0.4) is 0 Å². The molecule has 1 aliphatic rings. The number of likely N-dealkylation sites (N-methyl/N-ethyl adjacent to an activating group) is 1. The Morgan fingerprint density at radius 2 is 1.97 bits per heavy atom. The molecule has 10 nitrogen and oxygen atoms in total. The molecule has 0 spiro atoms. The van der Waals surface area contributed by atoms with E-state index in [0.717, 1.165) is 39.9 Å². The number of urea groups is 1. The quantitative estimate of drug-likeness (QED) is 0.356. The van der Waals surface area contributed by atoms with E-state index in [1.165, 1.54) is 30.3 Å². The molecule has 0 saturated heterocycles. The predicted octanol–water partition coefficient (Wildman–Crippen LogP) is 3.10. The summed E-state index contributed by atoms with van der Waals surface area (Å²) in [5, 5.41) is 15.5. The predicted molar refractivity (Wildman–Crippen MR) is 139 cm³/mol. The first kappa shape index (κ1) is 24.5. The topological polar surface area (TPSA) is 133 Å². The van der Waals surface area contributed by atoms with E-state index in [2.05, 4.69) is 10.3 Å². The van der Waals surface area contributed by atoms with Crippen molar-refractivity contribution in [2.75, 3.05) is 25.5 Å². The molecule has 13 heteroatoms. The number of aliphatic imine (C=N–C) groups is 1. The highest BCUT2D eigenvalue weighted by Gasteiger charge is 2.21. The highest BCUT2D eigenvalue weighted by Crippen LogP contribution is 2.29. The number of pyridine rings is 1. The van der Waals surface area contributed by atoms with Gasteiger partial charge >= 0.3 is 6.03 Å². The highest BCUT2D eigenvalue weighted by molar-refractivity contribution is 7.92. The number of benzene rings is 2. The van der Waals surface area contributed by atoms with Gasteiger partial charge < -0.3 is 15.3 Å². The zero-order valence-electron chi connectivity index (χ0n) is 19.3. The maximum atomic E-state index is 15.0. The SMILES string of the molecule is CN1CCN=C1c1ccc2c(O)n(-c3ccc(NC(=O)NS(=O)(=O)c4cccs4)cc3F)c(=O)cc2c1. The molecular weight excluding hydrogens is 521 g/mol. The van der Waals surface area contributed by atoms with Crippen molar-refractivity contribution in [1.29, 1.82) is 0 Å². The number of sulfonamides is 1. The van der Waals surface area contributed by atoms with Gasteiger partial charge in [0.05, 0.1) is 12.2 Å². The normalized spacial score (nSPS) is 13.6. The smallest absolute Gasteiger partial charge is 0.333 e. The number of amidine groups is 1. The third-order valence-corrected chi connectivity index (χ3v) is 8.48. The second-order valence-electron chi connectivity index (χ2n) is 8.23. The first-order chi connectivity index (χ1) is 17.6. The number of anilines is 1. The molecule has 0 radical (unpaired) electrons. The van der Waals surface area contributed by atoms with E-state index in [1.807, 2.05) is 16.7 Å². The van der Waals surface area contributed by atoms with Gasteiger partial charge in [-0.1, -0.05) is 12.1 Å². The summed E-state index contributed by atoms with van der Waals surface area (Å²) in [5.41, 5.74) is -0.168. The fraction of sp³-hybridized carbons (Fsp3) is 0.125. The summed E-state index contributed by atoms with van der Waals surface area (Å²) in [4.78, 5) is 31.5. The van der Waals surface area contributed by atoms with Crippen molar-refractivity contribution in [3.05, 3.63) is 81.7 Å². The molecule has 0 bridgehead atoms. The van der Waals surface area contributed by atoms with Crippen LogP contribution in [-0.4, -0.2) is 55.0 Å². The van der Waals surface area contributed by atoms with Gasteiger partial charge in [-0.15, -0.1) is 11.3 Å². The zero-order valence-corrected chi connectivity index (χ0v) is 20.9. The number of rotatable bonds is 5. The maximum absolute atomic E-state index is 15.0. The summed E-state index contributed by atoms with van der Waals surface area (Å²) in [7, 11) is -2.15. The monoisotopic (exact) mass is 541 g/mol. The van der Waals surface area contributed by atoms with Gasteiger partial charge in [-0.2, -0.15) is 0 Å². The first-order valence-electron chi connectivity index (χ1n) is 11.0. The molecule has 4 aromatic rings. The third-order valence-electron chi connectivity index (χ3n) is 5.75. The Labute approximate surface area is 214 Å². The van der Waals surface area contributed by atoms with Crippen molar-refractivity contribution in [1.82, 2.24) is 14.2 Å². The lowest BCUT2D eigenvalue weighted by Crippen LogP contribution is -2.34. The molecule has 3 N–H and O–H groups in total. The minimum absolute atomic E-state index is 0.0503. The van der Waals surface area contributed by atoms with Crippen molar-refractivity contribution in [2.24, 2.45) is 4.99 Å². The Morgan fingerprint density at radius 1 is 1.16 bits per heavy atom. The number of carbonyl (C=O) groups excluding carboxylic acids is 1. The lowest BCUT2D eigenvalue weighted by Gasteiger charge is -2.16. The molecule has 0 unspecified atom stereocenters. The average molecular weight is 542 g/mol. The fourth-order valence-electron chi connectivity index (χ4n) is 4.04. The van der Waals surface area contributed by atoms with Gasteiger partial charge in [0.2, 0.25) is 5.88 Å². The largest absolute Gasteiger partial charge is 0.494 e. The minimum Gasteiger partial charge on any atom is -0.494 e. The molecule has 2 amide bonds. The Morgan fingerprint density at radius 3 is 2.65 bits per heavy atom. The number of hydrogen-bond acceptors (Lipinski definition) is 8. The Balaban J connectivity index is 1.42. The summed E-state index contributed by atoms with van der Waals surface area (Å²) in [6, 6.07) is 11.6. The fourth-order valence-corrected chi connectivity index (χ4v) is 5.94. The van der Waals surface area contributed by atoms with Crippen molar-refractivity contribution >= 4 is 49.7 Å². The summed E-state index contributed by atoms with van der Waals surface area (Å²) in [5.74, 6) is -0.587. The van der Waals surface area contributed by atoms with E-state index >= 15 is 4.39 Å². The van der Waals surface area contributed by atoms with Crippen LogP contribution < -0.4 is 15.6 Å². The summed E-state index contributed by atoms with van der Waals surface area (Å²) in [6.45, 7) is 1.46. The second kappa shape index (κ2) is 9.33. The first-order valence-corrected chi connectivity index (χ1v) is 13.3. The second-order valence-corrected chi connectivity index (χ2v) is 11.1. The number of nitrogens with zero attached hydrogens (tertiary/aromatic N) is 3. The van der Waals surface area contributed by atoms with Crippen molar-refractivity contribution < 1.29 is 22.7 Å². The van der Waals surface area contributed by atoms with Crippen LogP contribution in [0.15, 0.2) is 74.0 Å². The molecule has 0 saturated carbocycles. The van der Waals surface area contributed by atoms with Gasteiger partial charge in [0.1, 0.15) is 15.9 Å². The van der Waals surface area contributed by atoms with Gasteiger partial charge in [-0.25, -0.2) is 26.9 Å². The summed E-state index contributed by atoms with van der Waals surface area (Å²) in [6.07, 6.45) is 0. The van der Waals surface area contributed by atoms with Crippen LogP contribution in [0.25, 0.3) is 16.5 Å². The molecule has 0 atom stereocenters. The standard InChI is InChI=1S/C24H20FN5O5S2/c1-29-9-8-26-22(29)14-4-6-17-15(11-14)12-20(31)30(23(17)32)19-7-5-16(13-18(19)25)27-24(33)28-37(34,35)21-3-2-10-36-21/h2-7,10-13,32H,8-9H2,1H3,(H2,27,28,33). The number of fused-ring (bicyclic) bond motifs is 1. The molecular formula is C24H20FN5O5S2. The molecule has 1 aliphatic heterocycles. The van der Waals surface area contributed by atoms with Gasteiger partial charge in [-0.3, -0.25) is 9.79 Å². The maximum Gasteiger partial charge on any atom is 0.333 e. The molecule has 0 fully saturated rings. The molecule has 3 heterocycles. The zero-order chi connectivity index (χ0) is 26.3. The lowest BCUT2D eigenvalue weighted by molar-refractivity contribution is 0.256. The molecule has 0 aliphatic carbocycles. The number of amides is 2. The Hall–Kier alpha value is -4.23. The Bertz CT molecular complexity index is 1730. The van der Waals surface area contributed by atoms with E-state index in [1.54, 1.807) is 23.6 Å². The third kappa shape index (κ3) is 4.66. The van der Waals surface area contributed by atoms with Crippen LogP contribution in [0.1, 0.15) is 5.56 Å². The minimum atomic E-state index is -4.07. The number of aromatic hydroxyl groups is 1. The number of thiophene rings is 1.